The summed E-state index contributed by atoms with van der Waals surface area (Å²) >= 11 is 0. The smallest absolute Gasteiger partial charge is 0.416 e. The fourth-order valence-electron chi connectivity index (χ4n) is 3.16. The molecule has 31 heavy (non-hydrogen) atoms. The average molecular weight is 435 g/mol. The number of esters is 1. The Balaban J connectivity index is 1.64. The Bertz CT molecular complexity index is 1160. The van der Waals surface area contributed by atoms with Crippen molar-refractivity contribution in [1.82, 2.24) is 9.13 Å². The van der Waals surface area contributed by atoms with E-state index in [1.165, 1.54) is 10.6 Å². The van der Waals surface area contributed by atoms with E-state index >= 15 is 0 Å². The van der Waals surface area contributed by atoms with Gasteiger partial charge in [0.1, 0.15) is 6.54 Å². The molecule has 7 nitrogen and oxygen atoms in total. The number of halogens is 3. The fourth-order valence-corrected chi connectivity index (χ4v) is 3.16. The number of carbonyl (C=O) groups excluding carboxylic acids is 2. The second kappa shape index (κ2) is 9.07. The summed E-state index contributed by atoms with van der Waals surface area (Å²) in [4.78, 5) is 36.8. The first-order chi connectivity index (χ1) is 14.7. The van der Waals surface area contributed by atoms with Gasteiger partial charge in [-0.2, -0.15) is 13.2 Å². The van der Waals surface area contributed by atoms with Crippen molar-refractivity contribution >= 4 is 28.6 Å². The number of aryl methyl sites for hydroxylation is 1. The molecule has 0 spiro atoms. The number of nitrogens with zero attached hydrogens (tertiary/aromatic N) is 2. The van der Waals surface area contributed by atoms with Crippen LogP contribution in [-0.2, 0) is 33.6 Å². The topological polar surface area (TPSA) is 82.3 Å². The number of amides is 1. The summed E-state index contributed by atoms with van der Waals surface area (Å²) in [5.41, 5.74) is -0.107. The normalized spacial score (nSPS) is 11.5. The zero-order chi connectivity index (χ0) is 22.6. The van der Waals surface area contributed by atoms with Gasteiger partial charge in [0, 0.05) is 12.2 Å². The number of fused-ring (bicyclic) bond motifs is 1. The number of aromatic nitrogens is 2. The van der Waals surface area contributed by atoms with Crippen molar-refractivity contribution in [3.8, 4) is 0 Å². The first-order valence-corrected chi connectivity index (χ1v) is 9.51. The number of anilines is 1. The van der Waals surface area contributed by atoms with E-state index in [0.717, 1.165) is 24.6 Å². The van der Waals surface area contributed by atoms with Crippen LogP contribution in [0.5, 0.6) is 0 Å². The van der Waals surface area contributed by atoms with E-state index in [1.807, 2.05) is 6.92 Å². The van der Waals surface area contributed by atoms with Crippen LogP contribution < -0.4 is 11.0 Å². The Kier molecular flexibility index (Phi) is 6.47. The largest absolute Gasteiger partial charge is 0.454 e. The zero-order valence-electron chi connectivity index (χ0n) is 16.6. The molecule has 0 aliphatic rings. The number of benzene rings is 2. The van der Waals surface area contributed by atoms with Crippen LogP contribution in [0.2, 0.25) is 0 Å². The summed E-state index contributed by atoms with van der Waals surface area (Å²) in [6.07, 6.45) is -3.81. The minimum absolute atomic E-state index is 0.0743. The predicted octanol–water partition coefficient (Wildman–Crippen LogP) is 3.41. The molecule has 1 heterocycles. The molecule has 2 aromatic carbocycles. The highest BCUT2D eigenvalue weighted by atomic mass is 19.4. The van der Waals surface area contributed by atoms with Gasteiger partial charge in [-0.1, -0.05) is 25.1 Å². The van der Waals surface area contributed by atoms with E-state index in [-0.39, 0.29) is 11.4 Å². The molecule has 3 rings (SSSR count). The summed E-state index contributed by atoms with van der Waals surface area (Å²) in [5.74, 6) is -1.62. The number of carbonyl (C=O) groups is 2. The Labute approximate surface area is 175 Å². The lowest BCUT2D eigenvalue weighted by atomic mass is 10.2. The van der Waals surface area contributed by atoms with Crippen molar-refractivity contribution in [3.63, 3.8) is 0 Å². The lowest BCUT2D eigenvalue weighted by molar-refractivity contribution is -0.147. The monoisotopic (exact) mass is 435 g/mol. The third-order valence-corrected chi connectivity index (χ3v) is 4.50. The number of imidazole rings is 1. The minimum atomic E-state index is -4.54. The molecule has 0 aliphatic heterocycles. The van der Waals surface area contributed by atoms with Crippen molar-refractivity contribution in [2.45, 2.75) is 32.6 Å². The van der Waals surface area contributed by atoms with Crippen LogP contribution >= 0.6 is 0 Å². The first-order valence-electron chi connectivity index (χ1n) is 9.51. The predicted molar refractivity (Wildman–Crippen MR) is 108 cm³/mol. The number of nitrogens with one attached hydrogen (secondary N) is 1. The van der Waals surface area contributed by atoms with Crippen LogP contribution in [-0.4, -0.2) is 27.6 Å². The van der Waals surface area contributed by atoms with E-state index < -0.39 is 36.8 Å². The van der Waals surface area contributed by atoms with Gasteiger partial charge < -0.3 is 10.1 Å². The molecule has 3 aromatic rings. The maximum atomic E-state index is 12.7. The first kappa shape index (κ1) is 22.1. The number of para-hydroxylation sites is 2. The molecular weight excluding hydrogens is 415 g/mol. The van der Waals surface area contributed by atoms with Gasteiger partial charge in [-0.25, -0.2) is 4.79 Å². The van der Waals surface area contributed by atoms with Gasteiger partial charge >= 0.3 is 17.8 Å². The highest BCUT2D eigenvalue weighted by molar-refractivity contribution is 5.93. The van der Waals surface area contributed by atoms with Crippen LogP contribution in [0.1, 0.15) is 18.9 Å². The third kappa shape index (κ3) is 5.14. The molecule has 0 aliphatic carbocycles. The Hall–Kier alpha value is -3.56. The Morgan fingerprint density at radius 2 is 1.71 bits per heavy atom. The molecule has 0 radical (unpaired) electrons. The van der Waals surface area contributed by atoms with Gasteiger partial charge in [0.2, 0.25) is 0 Å². The highest BCUT2D eigenvalue weighted by Gasteiger charge is 2.30. The van der Waals surface area contributed by atoms with Crippen LogP contribution in [0.3, 0.4) is 0 Å². The number of hydrogen-bond donors (Lipinski definition) is 1. The quantitative estimate of drug-likeness (QED) is 0.577. The van der Waals surface area contributed by atoms with Gasteiger partial charge in [0.05, 0.1) is 16.6 Å². The molecule has 0 unspecified atom stereocenters. The third-order valence-electron chi connectivity index (χ3n) is 4.50. The molecule has 0 fully saturated rings. The number of hydrogen-bond acceptors (Lipinski definition) is 4. The van der Waals surface area contributed by atoms with Crippen LogP contribution in [0, 0.1) is 0 Å². The van der Waals surface area contributed by atoms with Crippen LogP contribution in [0.4, 0.5) is 18.9 Å². The Morgan fingerprint density at radius 1 is 1.03 bits per heavy atom. The number of rotatable bonds is 7. The fraction of sp³-hybridized carbons (Fsp3) is 0.286. The van der Waals surface area contributed by atoms with E-state index in [0.29, 0.717) is 17.6 Å². The van der Waals surface area contributed by atoms with Gasteiger partial charge in [-0.05, 0) is 36.8 Å². The molecule has 1 amide bonds. The summed E-state index contributed by atoms with van der Waals surface area (Å²) in [7, 11) is 0. The molecule has 1 aromatic heterocycles. The van der Waals surface area contributed by atoms with E-state index in [9.17, 15) is 27.6 Å². The lowest BCUT2D eigenvalue weighted by Crippen LogP contribution is -2.29. The Morgan fingerprint density at radius 3 is 2.35 bits per heavy atom. The summed E-state index contributed by atoms with van der Waals surface area (Å²) < 4.78 is 46.0. The van der Waals surface area contributed by atoms with Crippen molar-refractivity contribution in [2.24, 2.45) is 0 Å². The van der Waals surface area contributed by atoms with E-state index in [4.69, 9.17) is 4.74 Å². The lowest BCUT2D eigenvalue weighted by Gasteiger charge is -2.10. The van der Waals surface area contributed by atoms with Crippen molar-refractivity contribution < 1.29 is 27.5 Å². The van der Waals surface area contributed by atoms with E-state index in [1.54, 1.807) is 28.8 Å². The standard InChI is InChI=1S/C21H20F3N3O4/c1-2-10-26-16-8-3-4-9-17(16)27(20(26)30)12-19(29)31-13-18(28)25-15-7-5-6-14(11-15)21(22,23)24/h3-9,11H,2,10,12-13H2,1H3,(H,25,28). The van der Waals surface area contributed by atoms with Crippen LogP contribution in [0.25, 0.3) is 11.0 Å². The second-order valence-electron chi connectivity index (χ2n) is 6.80. The summed E-state index contributed by atoms with van der Waals surface area (Å²) in [6, 6.07) is 11.1. The SMILES string of the molecule is CCCn1c(=O)n(CC(=O)OCC(=O)Nc2cccc(C(F)(F)F)c2)c2ccccc21. The van der Waals surface area contributed by atoms with Gasteiger partial charge in [0.25, 0.3) is 5.91 Å². The number of ether oxygens (including phenoxy) is 1. The molecule has 164 valence electrons. The van der Waals surface area contributed by atoms with Gasteiger partial charge in [-0.15, -0.1) is 0 Å². The van der Waals surface area contributed by atoms with Crippen molar-refractivity contribution in [2.75, 3.05) is 11.9 Å². The molecule has 0 saturated carbocycles. The maximum Gasteiger partial charge on any atom is 0.416 e. The van der Waals surface area contributed by atoms with Crippen molar-refractivity contribution in [3.05, 3.63) is 64.6 Å². The minimum Gasteiger partial charge on any atom is -0.454 e. The molecule has 0 bridgehead atoms. The van der Waals surface area contributed by atoms with Crippen LogP contribution in [0.15, 0.2) is 53.3 Å². The van der Waals surface area contributed by atoms with Gasteiger partial charge in [-0.3, -0.25) is 18.7 Å². The molecule has 0 atom stereocenters. The molecule has 0 saturated heterocycles. The van der Waals surface area contributed by atoms with E-state index in [2.05, 4.69) is 5.32 Å². The van der Waals surface area contributed by atoms with Gasteiger partial charge in [0.15, 0.2) is 6.61 Å². The molecule has 10 heteroatoms. The highest BCUT2D eigenvalue weighted by Crippen LogP contribution is 2.30. The second-order valence-corrected chi connectivity index (χ2v) is 6.80. The number of alkyl halides is 3. The molecule has 1 N–H and O–H groups in total. The average Bonchev–Trinajstić information content (AvgIpc) is 2.98. The maximum absolute atomic E-state index is 12.7. The summed E-state index contributed by atoms with van der Waals surface area (Å²) in [6.45, 7) is 1.32. The summed E-state index contributed by atoms with van der Waals surface area (Å²) in [5, 5.41) is 2.25. The molecular formula is C21H20F3N3O4. The zero-order valence-corrected chi connectivity index (χ0v) is 16.6. The van der Waals surface area contributed by atoms with Crippen molar-refractivity contribution in [1.29, 1.82) is 0 Å².